The Labute approximate surface area is 256 Å². The lowest BCUT2D eigenvalue weighted by molar-refractivity contribution is 0.0977. The number of hydrogen-bond acceptors (Lipinski definition) is 10. The number of anilines is 2. The quantitative estimate of drug-likeness (QED) is 0.317. The summed E-state index contributed by atoms with van der Waals surface area (Å²) in [5.74, 6) is 1.90. The van der Waals surface area contributed by atoms with Crippen LogP contribution in [0, 0.1) is 39.5 Å². The van der Waals surface area contributed by atoms with Crippen LogP contribution in [0.5, 0.6) is 0 Å². The standard InChI is InChI=1S/C31H36N8O4S/c1-15-10-20(17(3)35-25-9-8-16(2)33-28(25)29(40)37-44(7,42)43)27-21(11-15)30(41)38(6)31(36-27)39-13-23-24(14-39)26(23)22-12-32-19(5)34-18(22)4/h8-12,17,23-24,26,35H,13-14H2,1-7H3,(H,37,40)/t17-,23-,24+,26?/m1/s1. The Morgan fingerprint density at radius 1 is 1.05 bits per heavy atom. The van der Waals surface area contributed by atoms with Gasteiger partial charge in [0.15, 0.2) is 5.69 Å². The van der Waals surface area contributed by atoms with E-state index in [1.165, 1.54) is 5.56 Å². The van der Waals surface area contributed by atoms with Gasteiger partial charge in [0.05, 0.1) is 28.9 Å². The first-order valence-corrected chi connectivity index (χ1v) is 16.4. The zero-order valence-corrected chi connectivity index (χ0v) is 26.7. The summed E-state index contributed by atoms with van der Waals surface area (Å²) in [6.07, 6.45) is 2.87. The maximum absolute atomic E-state index is 13.7. The first kappa shape index (κ1) is 29.7. The number of pyridine rings is 1. The summed E-state index contributed by atoms with van der Waals surface area (Å²) in [7, 11) is -2.03. The van der Waals surface area contributed by atoms with Crippen molar-refractivity contribution >= 4 is 38.5 Å². The fraction of sp³-hybridized carbons (Fsp3) is 0.419. The van der Waals surface area contributed by atoms with Crippen molar-refractivity contribution in [3.63, 3.8) is 0 Å². The molecule has 2 fully saturated rings. The van der Waals surface area contributed by atoms with Crippen molar-refractivity contribution in [2.75, 3.05) is 29.6 Å². The van der Waals surface area contributed by atoms with Crippen LogP contribution in [0.4, 0.5) is 11.6 Å². The molecule has 1 amide bonds. The molecule has 4 atom stereocenters. The van der Waals surface area contributed by atoms with Gasteiger partial charge in [0.25, 0.3) is 11.5 Å². The molecule has 1 aliphatic heterocycles. The van der Waals surface area contributed by atoms with Crippen LogP contribution >= 0.6 is 0 Å². The zero-order chi connectivity index (χ0) is 31.7. The van der Waals surface area contributed by atoms with E-state index in [-0.39, 0.29) is 11.3 Å². The van der Waals surface area contributed by atoms with Crippen molar-refractivity contribution in [3.8, 4) is 0 Å². The lowest BCUT2D eigenvalue weighted by atomic mass is 10.0. The highest BCUT2D eigenvalue weighted by molar-refractivity contribution is 7.89. The molecular formula is C31H36N8O4S. The van der Waals surface area contributed by atoms with Crippen molar-refractivity contribution in [2.24, 2.45) is 18.9 Å². The molecule has 1 unspecified atom stereocenters. The molecule has 12 nitrogen and oxygen atoms in total. The van der Waals surface area contributed by atoms with Gasteiger partial charge in [-0.2, -0.15) is 0 Å². The van der Waals surface area contributed by atoms with E-state index in [4.69, 9.17) is 4.98 Å². The second kappa shape index (κ2) is 10.7. The number of nitrogens with one attached hydrogen (secondary N) is 2. The molecule has 13 heteroatoms. The van der Waals surface area contributed by atoms with Gasteiger partial charge in [-0.1, -0.05) is 6.07 Å². The number of sulfonamides is 1. The van der Waals surface area contributed by atoms with Crippen LogP contribution in [-0.4, -0.2) is 58.2 Å². The Hall–Kier alpha value is -4.39. The van der Waals surface area contributed by atoms with E-state index in [1.54, 1.807) is 30.7 Å². The van der Waals surface area contributed by atoms with Gasteiger partial charge >= 0.3 is 0 Å². The molecule has 4 aromatic rings. The number of piperidine rings is 1. The number of carbonyl (C=O) groups is 1. The third-order valence-corrected chi connectivity index (χ3v) is 9.23. The molecule has 2 aliphatic rings. The Balaban J connectivity index is 1.32. The van der Waals surface area contributed by atoms with Crippen LogP contribution in [0.1, 0.15) is 63.3 Å². The third kappa shape index (κ3) is 5.40. The summed E-state index contributed by atoms with van der Waals surface area (Å²) in [4.78, 5) is 47.1. The number of hydrogen-bond donors (Lipinski definition) is 2. The number of aromatic nitrogens is 5. The van der Waals surface area contributed by atoms with E-state index in [1.807, 2.05) is 50.7 Å². The highest BCUT2D eigenvalue weighted by Crippen LogP contribution is 2.58. The Bertz CT molecular complexity index is 2000. The van der Waals surface area contributed by atoms with Gasteiger partial charge in [0.1, 0.15) is 5.82 Å². The number of benzene rings is 1. The summed E-state index contributed by atoms with van der Waals surface area (Å²) in [5.41, 5.74) is 5.25. The van der Waals surface area contributed by atoms with Crippen LogP contribution in [-0.2, 0) is 17.1 Å². The molecule has 1 aliphatic carbocycles. The normalized spacial score (nSPS) is 20.0. The van der Waals surface area contributed by atoms with E-state index in [0.29, 0.717) is 46.0 Å². The second-order valence-corrected chi connectivity index (χ2v) is 13.9. The number of nitrogens with zero attached hydrogens (tertiary/aromatic N) is 6. The summed E-state index contributed by atoms with van der Waals surface area (Å²) >= 11 is 0. The molecule has 1 saturated heterocycles. The molecule has 0 spiro atoms. The molecule has 230 valence electrons. The smallest absolute Gasteiger partial charge is 0.285 e. The van der Waals surface area contributed by atoms with Gasteiger partial charge in [-0.3, -0.25) is 14.2 Å². The number of aryl methyl sites for hydroxylation is 4. The molecule has 0 radical (unpaired) electrons. The largest absolute Gasteiger partial charge is 0.377 e. The van der Waals surface area contributed by atoms with Crippen LogP contribution in [0.25, 0.3) is 10.9 Å². The first-order valence-electron chi connectivity index (χ1n) is 14.5. The Morgan fingerprint density at radius 2 is 1.75 bits per heavy atom. The highest BCUT2D eigenvalue weighted by atomic mass is 32.2. The Morgan fingerprint density at radius 3 is 2.41 bits per heavy atom. The van der Waals surface area contributed by atoms with Gasteiger partial charge < -0.3 is 10.2 Å². The first-order chi connectivity index (χ1) is 20.7. The molecule has 4 heterocycles. The fourth-order valence-electron chi connectivity index (χ4n) is 6.60. The highest BCUT2D eigenvalue weighted by Gasteiger charge is 2.57. The molecule has 3 aromatic heterocycles. The topological polar surface area (TPSA) is 152 Å². The van der Waals surface area contributed by atoms with E-state index < -0.39 is 22.0 Å². The SMILES string of the molecule is Cc1cc([C@@H](C)Nc2ccc(C)nc2C(=O)NS(C)(=O)=O)c2nc(N3C[C@@H]4C(c5cnc(C)nc5C)[C@@H]4C3)n(C)c(=O)c2c1. The monoisotopic (exact) mass is 616 g/mol. The number of carbonyl (C=O) groups excluding carboxylic acids is 1. The van der Waals surface area contributed by atoms with E-state index in [2.05, 4.69) is 25.2 Å². The molecular weight excluding hydrogens is 580 g/mol. The van der Waals surface area contributed by atoms with Gasteiger partial charge in [-0.15, -0.1) is 0 Å². The number of rotatable bonds is 7. The van der Waals surface area contributed by atoms with E-state index >= 15 is 0 Å². The summed E-state index contributed by atoms with van der Waals surface area (Å²) < 4.78 is 27.1. The van der Waals surface area contributed by atoms with Crippen LogP contribution in [0.3, 0.4) is 0 Å². The van der Waals surface area contributed by atoms with E-state index in [0.717, 1.165) is 42.0 Å². The average Bonchev–Trinajstić information content (AvgIpc) is 3.41. The van der Waals surface area contributed by atoms with Crippen molar-refractivity contribution < 1.29 is 13.2 Å². The molecule has 1 saturated carbocycles. The number of fused-ring (bicyclic) bond motifs is 2. The second-order valence-electron chi connectivity index (χ2n) is 12.2. The van der Waals surface area contributed by atoms with Crippen LogP contribution < -0.4 is 20.5 Å². The fourth-order valence-corrected chi connectivity index (χ4v) is 7.03. The average molecular weight is 617 g/mol. The van der Waals surface area contributed by atoms with Crippen molar-refractivity contribution in [3.05, 3.63) is 80.4 Å². The predicted molar refractivity (Wildman–Crippen MR) is 168 cm³/mol. The maximum Gasteiger partial charge on any atom is 0.285 e. The minimum absolute atomic E-state index is 0.0381. The lowest BCUT2D eigenvalue weighted by Gasteiger charge is -2.25. The molecule has 0 bridgehead atoms. The molecule has 1 aromatic carbocycles. The van der Waals surface area contributed by atoms with Gasteiger partial charge in [-0.25, -0.2) is 33.1 Å². The van der Waals surface area contributed by atoms with Crippen LogP contribution in [0.2, 0.25) is 0 Å². The van der Waals surface area contributed by atoms with Crippen molar-refractivity contribution in [1.82, 2.24) is 29.2 Å². The maximum atomic E-state index is 13.7. The lowest BCUT2D eigenvalue weighted by Crippen LogP contribution is -2.32. The summed E-state index contributed by atoms with van der Waals surface area (Å²) in [6.45, 7) is 11.1. The van der Waals surface area contributed by atoms with Gasteiger partial charge in [0, 0.05) is 43.3 Å². The minimum atomic E-state index is -3.79. The number of amides is 1. The van der Waals surface area contributed by atoms with Crippen molar-refractivity contribution in [1.29, 1.82) is 0 Å². The van der Waals surface area contributed by atoms with Gasteiger partial charge in [-0.05, 0) is 81.7 Å². The third-order valence-electron chi connectivity index (χ3n) is 8.67. The minimum Gasteiger partial charge on any atom is -0.377 e. The molecule has 2 N–H and O–H groups in total. The molecule has 44 heavy (non-hydrogen) atoms. The van der Waals surface area contributed by atoms with Crippen LogP contribution in [0.15, 0.2) is 35.3 Å². The predicted octanol–water partition coefficient (Wildman–Crippen LogP) is 3.06. The molecule has 6 rings (SSSR count). The summed E-state index contributed by atoms with van der Waals surface area (Å²) in [6, 6.07) is 6.86. The van der Waals surface area contributed by atoms with Crippen molar-refractivity contribution in [2.45, 2.75) is 46.6 Å². The zero-order valence-electron chi connectivity index (χ0n) is 25.8. The van der Waals surface area contributed by atoms with Gasteiger partial charge in [0.2, 0.25) is 16.0 Å². The summed E-state index contributed by atoms with van der Waals surface area (Å²) in [5, 5.41) is 3.82. The Kier molecular flexibility index (Phi) is 7.18. The van der Waals surface area contributed by atoms with E-state index in [9.17, 15) is 18.0 Å².